The highest BCUT2D eigenvalue weighted by Gasteiger charge is 2.18. The highest BCUT2D eigenvalue weighted by atomic mass is 16.6. The number of non-ortho nitro benzene ring substituents is 1. The highest BCUT2D eigenvalue weighted by molar-refractivity contribution is 5.97. The Labute approximate surface area is 173 Å². The van der Waals surface area contributed by atoms with Crippen molar-refractivity contribution in [1.29, 1.82) is 0 Å². The molecule has 0 fully saturated rings. The minimum Gasteiger partial charge on any atom is -0.494 e. The molecule has 0 spiro atoms. The number of amides is 1. The van der Waals surface area contributed by atoms with Crippen molar-refractivity contribution < 1.29 is 19.2 Å². The van der Waals surface area contributed by atoms with Crippen LogP contribution in [-0.4, -0.2) is 24.0 Å². The van der Waals surface area contributed by atoms with Crippen LogP contribution in [0.2, 0.25) is 0 Å². The average Bonchev–Trinajstić information content (AvgIpc) is 2.75. The van der Waals surface area contributed by atoms with E-state index in [0.29, 0.717) is 22.9 Å². The van der Waals surface area contributed by atoms with E-state index < -0.39 is 11.0 Å². The van der Waals surface area contributed by atoms with Crippen molar-refractivity contribution in [2.75, 3.05) is 17.7 Å². The maximum absolute atomic E-state index is 12.7. The molecule has 2 N–H and O–H groups in total. The number of para-hydroxylation sites is 3. The summed E-state index contributed by atoms with van der Waals surface area (Å²) in [4.78, 5) is 23.1. The second-order valence-electron chi connectivity index (χ2n) is 6.41. The Hall–Kier alpha value is -4.07. The molecular weight excluding hydrogens is 386 g/mol. The Morgan fingerprint density at radius 3 is 2.37 bits per heavy atom. The number of nitro groups is 1. The number of carbonyl (C=O) groups excluding carboxylic acids is 1. The quantitative estimate of drug-likeness (QED) is 0.409. The van der Waals surface area contributed by atoms with Crippen molar-refractivity contribution in [3.63, 3.8) is 0 Å². The largest absolute Gasteiger partial charge is 0.494 e. The van der Waals surface area contributed by atoms with Gasteiger partial charge in [0.25, 0.3) is 5.69 Å². The van der Waals surface area contributed by atoms with E-state index >= 15 is 0 Å². The Morgan fingerprint density at radius 1 is 0.967 bits per heavy atom. The maximum atomic E-state index is 12.7. The molecule has 8 nitrogen and oxygen atoms in total. The van der Waals surface area contributed by atoms with Gasteiger partial charge in [0.15, 0.2) is 5.75 Å². The van der Waals surface area contributed by atoms with Crippen LogP contribution in [0.15, 0.2) is 72.8 Å². The van der Waals surface area contributed by atoms with Gasteiger partial charge in [-0.25, -0.2) is 0 Å². The zero-order valence-electron chi connectivity index (χ0n) is 16.5. The molecule has 3 aromatic rings. The monoisotopic (exact) mass is 407 g/mol. The van der Waals surface area contributed by atoms with Crippen molar-refractivity contribution in [1.82, 2.24) is 0 Å². The first kappa shape index (κ1) is 20.7. The number of hydrogen-bond donors (Lipinski definition) is 2. The van der Waals surface area contributed by atoms with Gasteiger partial charge in [-0.3, -0.25) is 14.9 Å². The third-order valence-electron chi connectivity index (χ3n) is 4.28. The Morgan fingerprint density at radius 2 is 1.67 bits per heavy atom. The van der Waals surface area contributed by atoms with Gasteiger partial charge in [0.2, 0.25) is 5.91 Å². The second-order valence-corrected chi connectivity index (χ2v) is 6.41. The fourth-order valence-electron chi connectivity index (χ4n) is 2.73. The standard InChI is InChI=1S/C22H21N3O5/c1-15(22(26)24-19-13-12-16(25(27)28)14-21(19)29-2)23-18-10-6-7-11-20(18)30-17-8-4-3-5-9-17/h3-15,23H,1-2H3,(H,24,26)/t15-/m0/s1. The molecule has 0 aliphatic heterocycles. The van der Waals surface area contributed by atoms with E-state index in [2.05, 4.69) is 10.6 Å². The van der Waals surface area contributed by atoms with Crippen LogP contribution in [0.3, 0.4) is 0 Å². The summed E-state index contributed by atoms with van der Waals surface area (Å²) in [5.41, 5.74) is 0.873. The number of nitrogens with zero attached hydrogens (tertiary/aromatic N) is 1. The van der Waals surface area contributed by atoms with Gasteiger partial charge in [0, 0.05) is 6.07 Å². The van der Waals surface area contributed by atoms with Gasteiger partial charge in [0.05, 0.1) is 29.5 Å². The SMILES string of the molecule is COc1cc([N+](=O)[O-])ccc1NC(=O)[C@H](C)Nc1ccccc1Oc1ccccc1. The van der Waals surface area contributed by atoms with E-state index in [0.717, 1.165) is 0 Å². The van der Waals surface area contributed by atoms with Crippen LogP contribution in [0.4, 0.5) is 17.1 Å². The summed E-state index contributed by atoms with van der Waals surface area (Å²) in [6.07, 6.45) is 0. The number of nitrogens with one attached hydrogen (secondary N) is 2. The molecule has 0 aromatic heterocycles. The van der Waals surface area contributed by atoms with Gasteiger partial charge < -0.3 is 20.1 Å². The van der Waals surface area contributed by atoms with Crippen molar-refractivity contribution in [2.45, 2.75) is 13.0 Å². The van der Waals surface area contributed by atoms with E-state index in [-0.39, 0.29) is 17.3 Å². The number of ether oxygens (including phenoxy) is 2. The molecule has 0 unspecified atom stereocenters. The van der Waals surface area contributed by atoms with Gasteiger partial charge in [-0.05, 0) is 37.3 Å². The average molecular weight is 407 g/mol. The first-order valence-electron chi connectivity index (χ1n) is 9.19. The predicted molar refractivity (Wildman–Crippen MR) is 114 cm³/mol. The number of rotatable bonds is 8. The molecule has 1 atom stereocenters. The fourth-order valence-corrected chi connectivity index (χ4v) is 2.73. The second kappa shape index (κ2) is 9.42. The van der Waals surface area contributed by atoms with Gasteiger partial charge in [0.1, 0.15) is 17.5 Å². The molecule has 1 amide bonds. The molecule has 0 bridgehead atoms. The molecule has 8 heteroatoms. The van der Waals surface area contributed by atoms with Gasteiger partial charge in [-0.2, -0.15) is 0 Å². The van der Waals surface area contributed by atoms with Crippen molar-refractivity contribution >= 4 is 23.0 Å². The molecule has 0 radical (unpaired) electrons. The normalized spacial score (nSPS) is 11.3. The minimum atomic E-state index is -0.620. The van der Waals surface area contributed by atoms with Gasteiger partial charge in [-0.15, -0.1) is 0 Å². The number of benzene rings is 3. The summed E-state index contributed by atoms with van der Waals surface area (Å²) < 4.78 is 11.1. The summed E-state index contributed by atoms with van der Waals surface area (Å²) in [6, 6.07) is 20.0. The van der Waals surface area contributed by atoms with Crippen LogP contribution < -0.4 is 20.1 Å². The molecule has 0 aliphatic rings. The number of anilines is 2. The van der Waals surface area contributed by atoms with Crippen LogP contribution in [0.5, 0.6) is 17.2 Å². The number of hydrogen-bond acceptors (Lipinski definition) is 6. The van der Waals surface area contributed by atoms with Crippen molar-refractivity contribution in [2.24, 2.45) is 0 Å². The van der Waals surface area contributed by atoms with Crippen LogP contribution in [0.25, 0.3) is 0 Å². The summed E-state index contributed by atoms with van der Waals surface area (Å²) in [6.45, 7) is 1.70. The Bertz CT molecular complexity index is 1040. The van der Waals surface area contributed by atoms with E-state index in [9.17, 15) is 14.9 Å². The number of carbonyl (C=O) groups is 1. The smallest absolute Gasteiger partial charge is 0.273 e. The van der Waals surface area contributed by atoms with Gasteiger partial charge in [-0.1, -0.05) is 30.3 Å². The van der Waals surface area contributed by atoms with E-state index in [1.165, 1.54) is 25.3 Å². The fraction of sp³-hybridized carbons (Fsp3) is 0.136. The lowest BCUT2D eigenvalue weighted by molar-refractivity contribution is -0.384. The van der Waals surface area contributed by atoms with Crippen LogP contribution in [0, 0.1) is 10.1 Å². The van der Waals surface area contributed by atoms with Crippen LogP contribution >= 0.6 is 0 Å². The summed E-state index contributed by atoms with van der Waals surface area (Å²) >= 11 is 0. The lowest BCUT2D eigenvalue weighted by Crippen LogP contribution is -2.32. The van der Waals surface area contributed by atoms with Crippen molar-refractivity contribution in [3.8, 4) is 17.2 Å². The topological polar surface area (TPSA) is 103 Å². The molecule has 3 aromatic carbocycles. The first-order chi connectivity index (χ1) is 14.5. The molecule has 0 heterocycles. The van der Waals surface area contributed by atoms with Gasteiger partial charge >= 0.3 is 0 Å². The minimum absolute atomic E-state index is 0.122. The first-order valence-corrected chi connectivity index (χ1v) is 9.19. The molecule has 0 saturated heterocycles. The lowest BCUT2D eigenvalue weighted by Gasteiger charge is -2.18. The van der Waals surface area contributed by atoms with Crippen LogP contribution in [-0.2, 0) is 4.79 Å². The zero-order chi connectivity index (χ0) is 21.5. The Balaban J connectivity index is 1.72. The molecule has 30 heavy (non-hydrogen) atoms. The predicted octanol–water partition coefficient (Wildman–Crippen LogP) is 4.83. The van der Waals surface area contributed by atoms with E-state index in [1.54, 1.807) is 13.0 Å². The third kappa shape index (κ3) is 5.05. The molecule has 3 rings (SSSR count). The number of methoxy groups -OCH3 is 1. The highest BCUT2D eigenvalue weighted by Crippen LogP contribution is 2.31. The lowest BCUT2D eigenvalue weighted by atomic mass is 10.2. The molecular formula is C22H21N3O5. The summed E-state index contributed by atoms with van der Waals surface area (Å²) in [7, 11) is 1.38. The molecule has 154 valence electrons. The maximum Gasteiger partial charge on any atom is 0.273 e. The summed E-state index contributed by atoms with van der Waals surface area (Å²) in [5, 5.41) is 16.8. The molecule has 0 aliphatic carbocycles. The third-order valence-corrected chi connectivity index (χ3v) is 4.28. The van der Waals surface area contributed by atoms with E-state index in [1.807, 2.05) is 48.5 Å². The van der Waals surface area contributed by atoms with Crippen LogP contribution in [0.1, 0.15) is 6.92 Å². The van der Waals surface area contributed by atoms with E-state index in [4.69, 9.17) is 9.47 Å². The summed E-state index contributed by atoms with van der Waals surface area (Å²) in [5.74, 6) is 1.13. The van der Waals surface area contributed by atoms with Crippen molar-refractivity contribution in [3.05, 3.63) is 82.9 Å². The Kier molecular flexibility index (Phi) is 6.49. The zero-order valence-corrected chi connectivity index (χ0v) is 16.5. The number of nitro benzene ring substituents is 1. The molecule has 0 saturated carbocycles.